The second kappa shape index (κ2) is 5.68. The summed E-state index contributed by atoms with van der Waals surface area (Å²) in [6.45, 7) is 3.92. The van der Waals surface area contributed by atoms with E-state index in [0.29, 0.717) is 24.2 Å². The predicted molar refractivity (Wildman–Crippen MR) is 80.9 cm³/mol. The van der Waals surface area contributed by atoms with Crippen LogP contribution in [-0.4, -0.2) is 15.9 Å². The molecule has 0 unspecified atom stereocenters. The summed E-state index contributed by atoms with van der Waals surface area (Å²) >= 11 is 0. The number of nitrogens with zero attached hydrogens (tertiary/aromatic N) is 2. The molecule has 1 saturated carbocycles. The Balaban J connectivity index is 1.81. The van der Waals surface area contributed by atoms with Crippen LogP contribution in [0.15, 0.2) is 30.6 Å². The van der Waals surface area contributed by atoms with Gasteiger partial charge in [-0.05, 0) is 31.0 Å². The van der Waals surface area contributed by atoms with Gasteiger partial charge in [-0.25, -0.2) is 18.7 Å². The van der Waals surface area contributed by atoms with Crippen molar-refractivity contribution < 1.29 is 13.6 Å². The summed E-state index contributed by atoms with van der Waals surface area (Å²) in [4.78, 5) is 20.6. The third kappa shape index (κ3) is 3.06. The van der Waals surface area contributed by atoms with Gasteiger partial charge in [-0.3, -0.25) is 4.79 Å². The molecule has 1 aromatic carbocycles. The number of rotatable bonds is 4. The summed E-state index contributed by atoms with van der Waals surface area (Å²) in [5, 5.41) is 2.79. The zero-order valence-corrected chi connectivity index (χ0v) is 12.9. The standard InChI is InChI=1S/C17H17F2N3O/c1-10(2)15-20-8-11(9-21-15)16(23)22-17(5-6-17)13-7-12(18)3-4-14(13)19/h3-4,7-10H,5-6H2,1-2H3,(H,22,23). The molecule has 6 heteroatoms. The van der Waals surface area contributed by atoms with Gasteiger partial charge in [0.2, 0.25) is 0 Å². The van der Waals surface area contributed by atoms with Crippen molar-refractivity contribution in [2.75, 3.05) is 0 Å². The molecule has 1 N–H and O–H groups in total. The summed E-state index contributed by atoms with van der Waals surface area (Å²) in [6, 6.07) is 3.29. The first-order valence-corrected chi connectivity index (χ1v) is 7.51. The molecule has 0 atom stereocenters. The molecule has 2 aromatic rings. The highest BCUT2D eigenvalue weighted by atomic mass is 19.1. The molecular weight excluding hydrogens is 300 g/mol. The van der Waals surface area contributed by atoms with Gasteiger partial charge < -0.3 is 5.32 Å². The minimum absolute atomic E-state index is 0.170. The number of aromatic nitrogens is 2. The van der Waals surface area contributed by atoms with Crippen LogP contribution in [0.25, 0.3) is 0 Å². The van der Waals surface area contributed by atoms with Crippen LogP contribution < -0.4 is 5.32 Å². The number of amides is 1. The number of nitrogens with one attached hydrogen (secondary N) is 1. The average molecular weight is 317 g/mol. The van der Waals surface area contributed by atoms with Crippen molar-refractivity contribution in [2.45, 2.75) is 38.1 Å². The van der Waals surface area contributed by atoms with Crippen LogP contribution in [0.3, 0.4) is 0 Å². The largest absolute Gasteiger partial charge is 0.342 e. The number of halogens is 2. The summed E-state index contributed by atoms with van der Waals surface area (Å²) in [6.07, 6.45) is 4.06. The molecule has 23 heavy (non-hydrogen) atoms. The molecule has 1 aliphatic rings. The van der Waals surface area contributed by atoms with Crippen LogP contribution in [0.2, 0.25) is 0 Å². The number of carbonyl (C=O) groups excluding carboxylic acids is 1. The highest BCUT2D eigenvalue weighted by Gasteiger charge is 2.47. The first-order chi connectivity index (χ1) is 10.9. The molecule has 3 rings (SSSR count). The first kappa shape index (κ1) is 15.5. The second-order valence-electron chi connectivity index (χ2n) is 6.15. The van der Waals surface area contributed by atoms with Crippen LogP contribution >= 0.6 is 0 Å². The van der Waals surface area contributed by atoms with Crippen LogP contribution in [0.1, 0.15) is 54.4 Å². The summed E-state index contributed by atoms with van der Waals surface area (Å²) < 4.78 is 27.3. The summed E-state index contributed by atoms with van der Waals surface area (Å²) in [7, 11) is 0. The van der Waals surface area contributed by atoms with Gasteiger partial charge in [-0.2, -0.15) is 0 Å². The lowest BCUT2D eigenvalue weighted by Crippen LogP contribution is -2.35. The van der Waals surface area contributed by atoms with Crippen LogP contribution in [0.5, 0.6) is 0 Å². The Labute approximate surface area is 133 Å². The molecular formula is C17H17F2N3O. The monoisotopic (exact) mass is 317 g/mol. The Morgan fingerprint density at radius 3 is 2.43 bits per heavy atom. The average Bonchev–Trinajstić information content (AvgIpc) is 3.30. The Hall–Kier alpha value is -2.37. The Bertz CT molecular complexity index is 740. The number of benzene rings is 1. The molecule has 0 spiro atoms. The third-order valence-electron chi connectivity index (χ3n) is 4.00. The number of hydrogen-bond acceptors (Lipinski definition) is 3. The van der Waals surface area contributed by atoms with Crippen molar-refractivity contribution >= 4 is 5.91 Å². The second-order valence-corrected chi connectivity index (χ2v) is 6.15. The molecule has 1 heterocycles. The molecule has 4 nitrogen and oxygen atoms in total. The minimum atomic E-state index is -0.833. The Kier molecular flexibility index (Phi) is 3.83. The first-order valence-electron chi connectivity index (χ1n) is 7.51. The van der Waals surface area contributed by atoms with Crippen molar-refractivity contribution in [3.8, 4) is 0 Å². The molecule has 0 aliphatic heterocycles. The molecule has 1 amide bonds. The van der Waals surface area contributed by atoms with Crippen molar-refractivity contribution in [2.24, 2.45) is 0 Å². The van der Waals surface area contributed by atoms with E-state index >= 15 is 0 Å². The van der Waals surface area contributed by atoms with Crippen LogP contribution in [-0.2, 0) is 5.54 Å². The highest BCUT2D eigenvalue weighted by Crippen LogP contribution is 2.46. The van der Waals surface area contributed by atoms with Gasteiger partial charge in [0.15, 0.2) is 0 Å². The van der Waals surface area contributed by atoms with Crippen molar-refractivity contribution in [1.82, 2.24) is 15.3 Å². The summed E-state index contributed by atoms with van der Waals surface area (Å²) in [5.41, 5.74) is -0.344. The summed E-state index contributed by atoms with van der Waals surface area (Å²) in [5.74, 6) is -0.606. The Morgan fingerprint density at radius 2 is 1.87 bits per heavy atom. The molecule has 0 saturated heterocycles. The maximum Gasteiger partial charge on any atom is 0.255 e. The molecule has 120 valence electrons. The third-order valence-corrected chi connectivity index (χ3v) is 4.00. The zero-order valence-electron chi connectivity index (χ0n) is 12.9. The molecule has 0 radical (unpaired) electrons. The fraction of sp³-hybridized carbons (Fsp3) is 0.353. The van der Waals surface area contributed by atoms with E-state index in [-0.39, 0.29) is 17.4 Å². The zero-order chi connectivity index (χ0) is 16.6. The lowest BCUT2D eigenvalue weighted by molar-refractivity contribution is 0.0929. The van der Waals surface area contributed by atoms with Crippen molar-refractivity contribution in [3.63, 3.8) is 0 Å². The molecule has 1 aliphatic carbocycles. The van der Waals surface area contributed by atoms with Gasteiger partial charge in [0.25, 0.3) is 5.91 Å². The van der Waals surface area contributed by atoms with Gasteiger partial charge in [-0.15, -0.1) is 0 Å². The minimum Gasteiger partial charge on any atom is -0.342 e. The SMILES string of the molecule is CC(C)c1ncc(C(=O)NC2(c3cc(F)ccc3F)CC2)cn1. The molecule has 0 bridgehead atoms. The molecule has 1 aromatic heterocycles. The topological polar surface area (TPSA) is 54.9 Å². The van der Waals surface area contributed by atoms with E-state index in [1.807, 2.05) is 13.8 Å². The van der Waals surface area contributed by atoms with E-state index in [2.05, 4.69) is 15.3 Å². The van der Waals surface area contributed by atoms with Crippen molar-refractivity contribution in [3.05, 3.63) is 59.2 Å². The van der Waals surface area contributed by atoms with E-state index in [1.54, 1.807) is 0 Å². The van der Waals surface area contributed by atoms with Crippen molar-refractivity contribution in [1.29, 1.82) is 0 Å². The van der Waals surface area contributed by atoms with E-state index in [0.717, 1.165) is 18.2 Å². The maximum atomic E-state index is 14.0. The predicted octanol–water partition coefficient (Wildman–Crippen LogP) is 3.30. The van der Waals surface area contributed by atoms with E-state index in [1.165, 1.54) is 12.4 Å². The lowest BCUT2D eigenvalue weighted by atomic mass is 10.0. The van der Waals surface area contributed by atoms with E-state index in [9.17, 15) is 13.6 Å². The number of hydrogen-bond donors (Lipinski definition) is 1. The maximum absolute atomic E-state index is 14.0. The smallest absolute Gasteiger partial charge is 0.255 e. The van der Waals surface area contributed by atoms with Gasteiger partial charge in [0.05, 0.1) is 11.1 Å². The highest BCUT2D eigenvalue weighted by molar-refractivity contribution is 5.94. The van der Waals surface area contributed by atoms with E-state index < -0.39 is 17.2 Å². The quantitative estimate of drug-likeness (QED) is 0.941. The van der Waals surface area contributed by atoms with Gasteiger partial charge in [0, 0.05) is 23.9 Å². The fourth-order valence-electron chi connectivity index (χ4n) is 2.49. The lowest BCUT2D eigenvalue weighted by Gasteiger charge is -2.18. The van der Waals surface area contributed by atoms with Gasteiger partial charge in [0.1, 0.15) is 17.5 Å². The fourth-order valence-corrected chi connectivity index (χ4v) is 2.49. The Morgan fingerprint density at radius 1 is 1.22 bits per heavy atom. The van der Waals surface area contributed by atoms with E-state index in [4.69, 9.17) is 0 Å². The van der Waals surface area contributed by atoms with Gasteiger partial charge >= 0.3 is 0 Å². The van der Waals surface area contributed by atoms with Gasteiger partial charge in [-0.1, -0.05) is 13.8 Å². The number of carbonyl (C=O) groups is 1. The molecule has 1 fully saturated rings. The normalized spacial score (nSPS) is 15.5. The van der Waals surface area contributed by atoms with Crippen LogP contribution in [0, 0.1) is 11.6 Å². The van der Waals surface area contributed by atoms with Crippen LogP contribution in [0.4, 0.5) is 8.78 Å².